The molecule has 1 atom stereocenters. The van der Waals surface area contributed by atoms with Crippen LogP contribution in [0.2, 0.25) is 0 Å². The second-order valence-electron chi connectivity index (χ2n) is 3.89. The fourth-order valence-electron chi connectivity index (χ4n) is 1.60. The van der Waals surface area contributed by atoms with Gasteiger partial charge in [0.2, 0.25) is 0 Å². The number of hydrogen-bond donors (Lipinski definition) is 0. The summed E-state index contributed by atoms with van der Waals surface area (Å²) in [6.45, 7) is 2.87. The van der Waals surface area contributed by atoms with Crippen molar-refractivity contribution >= 4 is 5.71 Å². The molecule has 0 bridgehead atoms. The van der Waals surface area contributed by atoms with Crippen LogP contribution in [0.15, 0.2) is 5.16 Å². The first kappa shape index (κ1) is 9.00. The topological polar surface area (TPSA) is 30.8 Å². The summed E-state index contributed by atoms with van der Waals surface area (Å²) in [5, 5.41) is 4.12. The number of nitrogens with zero attached hydrogens (tertiary/aromatic N) is 1. The molecule has 2 aliphatic rings. The van der Waals surface area contributed by atoms with E-state index in [1.807, 2.05) is 6.92 Å². The molecule has 1 saturated carbocycles. The maximum absolute atomic E-state index is 5.49. The van der Waals surface area contributed by atoms with E-state index in [0.717, 1.165) is 25.2 Å². The van der Waals surface area contributed by atoms with Crippen molar-refractivity contribution in [2.45, 2.75) is 51.2 Å². The van der Waals surface area contributed by atoms with Crippen LogP contribution in [-0.2, 0) is 9.57 Å². The summed E-state index contributed by atoms with van der Waals surface area (Å²) in [6.07, 6.45) is 6.49. The van der Waals surface area contributed by atoms with E-state index in [0.29, 0.717) is 6.10 Å². The van der Waals surface area contributed by atoms with Gasteiger partial charge in [-0.2, -0.15) is 0 Å². The number of rotatable bonds is 3. The Kier molecular flexibility index (Phi) is 2.83. The van der Waals surface area contributed by atoms with Crippen molar-refractivity contribution in [2.24, 2.45) is 5.16 Å². The summed E-state index contributed by atoms with van der Waals surface area (Å²) >= 11 is 0. The fourth-order valence-corrected chi connectivity index (χ4v) is 1.60. The van der Waals surface area contributed by atoms with E-state index >= 15 is 0 Å². The van der Waals surface area contributed by atoms with Crippen molar-refractivity contribution in [1.29, 1.82) is 0 Å². The molecule has 0 radical (unpaired) electrons. The van der Waals surface area contributed by atoms with E-state index in [2.05, 4.69) is 5.16 Å². The molecule has 1 aliphatic carbocycles. The predicted molar refractivity (Wildman–Crippen MR) is 50.8 cm³/mol. The molecule has 13 heavy (non-hydrogen) atoms. The summed E-state index contributed by atoms with van der Waals surface area (Å²) in [5.41, 5.74) is 1.00. The van der Waals surface area contributed by atoms with Crippen LogP contribution in [0.1, 0.15) is 39.0 Å². The molecule has 0 N–H and O–H groups in total. The van der Waals surface area contributed by atoms with Crippen molar-refractivity contribution in [3.05, 3.63) is 0 Å². The highest BCUT2D eigenvalue weighted by Gasteiger charge is 2.21. The van der Waals surface area contributed by atoms with E-state index in [4.69, 9.17) is 9.57 Å². The summed E-state index contributed by atoms with van der Waals surface area (Å²) in [6, 6.07) is 0. The second kappa shape index (κ2) is 4.09. The minimum atomic E-state index is 0.222. The van der Waals surface area contributed by atoms with Crippen molar-refractivity contribution in [3.63, 3.8) is 0 Å². The lowest BCUT2D eigenvalue weighted by molar-refractivity contribution is 0.00371. The number of oxime groups is 1. The molecule has 3 nitrogen and oxygen atoms in total. The third-order valence-corrected chi connectivity index (χ3v) is 2.79. The third-order valence-electron chi connectivity index (χ3n) is 2.79. The Labute approximate surface area is 79.1 Å². The maximum Gasteiger partial charge on any atom is 0.127 e. The molecule has 2 fully saturated rings. The van der Waals surface area contributed by atoms with Gasteiger partial charge in [0.25, 0.3) is 0 Å². The largest absolute Gasteiger partial charge is 0.392 e. The van der Waals surface area contributed by atoms with E-state index in [1.165, 1.54) is 19.3 Å². The second-order valence-corrected chi connectivity index (χ2v) is 3.89. The molecular weight excluding hydrogens is 166 g/mol. The molecular formula is C10H17NO2. The van der Waals surface area contributed by atoms with Gasteiger partial charge in [-0.25, -0.2) is 0 Å². The highest BCUT2D eigenvalue weighted by Crippen LogP contribution is 2.22. The van der Waals surface area contributed by atoms with Crippen molar-refractivity contribution in [1.82, 2.24) is 0 Å². The van der Waals surface area contributed by atoms with Gasteiger partial charge < -0.3 is 9.57 Å². The first-order valence-corrected chi connectivity index (χ1v) is 5.18. The molecule has 2 rings (SSSR count). The predicted octanol–water partition coefficient (Wildman–Crippen LogP) is 2.11. The van der Waals surface area contributed by atoms with Crippen LogP contribution >= 0.6 is 0 Å². The van der Waals surface area contributed by atoms with Gasteiger partial charge in [0.1, 0.15) is 6.10 Å². The van der Waals surface area contributed by atoms with Crippen LogP contribution in [0.3, 0.4) is 0 Å². The Morgan fingerprint density at radius 3 is 2.69 bits per heavy atom. The van der Waals surface area contributed by atoms with E-state index < -0.39 is 0 Å². The zero-order valence-corrected chi connectivity index (χ0v) is 8.16. The summed E-state index contributed by atoms with van der Waals surface area (Å²) < 4.78 is 5.49. The molecule has 0 amide bonds. The van der Waals surface area contributed by atoms with Gasteiger partial charge in [0.15, 0.2) is 0 Å². The van der Waals surface area contributed by atoms with Crippen LogP contribution in [0.25, 0.3) is 0 Å². The lowest BCUT2D eigenvalue weighted by Gasteiger charge is -2.23. The lowest BCUT2D eigenvalue weighted by atomic mass is 9.97. The minimum absolute atomic E-state index is 0.222. The minimum Gasteiger partial charge on any atom is -0.392 e. The quantitative estimate of drug-likeness (QED) is 0.495. The van der Waals surface area contributed by atoms with Crippen molar-refractivity contribution < 1.29 is 9.57 Å². The first-order chi connectivity index (χ1) is 6.36. The van der Waals surface area contributed by atoms with Crippen LogP contribution in [0.4, 0.5) is 0 Å². The van der Waals surface area contributed by atoms with Gasteiger partial charge in [0, 0.05) is 6.61 Å². The Balaban J connectivity index is 1.76. The number of hydrogen-bond acceptors (Lipinski definition) is 3. The van der Waals surface area contributed by atoms with Gasteiger partial charge in [-0.15, -0.1) is 0 Å². The molecule has 0 aromatic rings. The van der Waals surface area contributed by atoms with Gasteiger partial charge >= 0.3 is 0 Å². The average Bonchev–Trinajstić information content (AvgIpc) is 2.52. The van der Waals surface area contributed by atoms with Crippen LogP contribution in [-0.4, -0.2) is 24.5 Å². The molecule has 3 heteroatoms. The average molecular weight is 183 g/mol. The van der Waals surface area contributed by atoms with E-state index in [9.17, 15) is 0 Å². The van der Waals surface area contributed by atoms with Gasteiger partial charge in [-0.1, -0.05) is 5.16 Å². The molecule has 1 aliphatic heterocycles. The lowest BCUT2D eigenvalue weighted by Crippen LogP contribution is -2.22. The molecule has 0 spiro atoms. The zero-order valence-electron chi connectivity index (χ0n) is 8.16. The van der Waals surface area contributed by atoms with Gasteiger partial charge in [-0.05, 0) is 39.0 Å². The Morgan fingerprint density at radius 1 is 1.31 bits per heavy atom. The standard InChI is InChI=1S/C10H17NO2/c1-8(10-6-3-7-12-10)11-13-9-4-2-5-9/h9-10H,2-7H2,1H3/b11-8+. The normalized spacial score (nSPS) is 30.2. The SMILES string of the molecule is C/C(=N\OC1CCC1)C1CCCO1. The summed E-state index contributed by atoms with van der Waals surface area (Å²) in [4.78, 5) is 5.36. The Morgan fingerprint density at radius 2 is 2.15 bits per heavy atom. The van der Waals surface area contributed by atoms with Crippen LogP contribution in [0, 0.1) is 0 Å². The zero-order chi connectivity index (χ0) is 9.10. The Hall–Kier alpha value is -0.570. The van der Waals surface area contributed by atoms with E-state index in [-0.39, 0.29) is 6.10 Å². The summed E-state index contributed by atoms with van der Waals surface area (Å²) in [5.74, 6) is 0. The highest BCUT2D eigenvalue weighted by atomic mass is 16.6. The van der Waals surface area contributed by atoms with Crippen LogP contribution < -0.4 is 0 Å². The third kappa shape index (κ3) is 2.21. The monoisotopic (exact) mass is 183 g/mol. The summed E-state index contributed by atoms with van der Waals surface area (Å²) in [7, 11) is 0. The Bertz CT molecular complexity index is 193. The molecule has 0 aromatic heterocycles. The fraction of sp³-hybridized carbons (Fsp3) is 0.900. The molecule has 1 heterocycles. The first-order valence-electron chi connectivity index (χ1n) is 5.18. The smallest absolute Gasteiger partial charge is 0.127 e. The van der Waals surface area contributed by atoms with Gasteiger partial charge in [-0.3, -0.25) is 0 Å². The molecule has 74 valence electrons. The van der Waals surface area contributed by atoms with Crippen molar-refractivity contribution in [2.75, 3.05) is 6.61 Å². The molecule has 1 saturated heterocycles. The number of ether oxygens (including phenoxy) is 1. The highest BCUT2D eigenvalue weighted by molar-refractivity contribution is 5.86. The van der Waals surface area contributed by atoms with E-state index in [1.54, 1.807) is 0 Å². The van der Waals surface area contributed by atoms with Crippen molar-refractivity contribution in [3.8, 4) is 0 Å². The molecule has 0 aromatic carbocycles. The van der Waals surface area contributed by atoms with Gasteiger partial charge in [0.05, 0.1) is 11.8 Å². The maximum atomic E-state index is 5.49. The molecule has 1 unspecified atom stereocenters. The van der Waals surface area contributed by atoms with Crippen LogP contribution in [0.5, 0.6) is 0 Å².